The van der Waals surface area contributed by atoms with Crippen LogP contribution in [0.5, 0.6) is 0 Å². The van der Waals surface area contributed by atoms with Crippen LogP contribution in [0.1, 0.15) is 51.7 Å². The van der Waals surface area contributed by atoms with Gasteiger partial charge in [-0.25, -0.2) is 4.79 Å². The van der Waals surface area contributed by atoms with E-state index in [4.69, 9.17) is 4.74 Å². The zero-order valence-corrected chi connectivity index (χ0v) is 19.9. The average molecular weight is 464 g/mol. The van der Waals surface area contributed by atoms with Crippen molar-refractivity contribution in [2.75, 3.05) is 18.5 Å². The van der Waals surface area contributed by atoms with Crippen molar-refractivity contribution < 1.29 is 19.2 Å². The third kappa shape index (κ3) is 6.09. The molecule has 1 aliphatic rings. The second kappa shape index (κ2) is 11.3. The maximum absolute atomic E-state index is 13.2. The van der Waals surface area contributed by atoms with Crippen LogP contribution in [0.4, 0.5) is 5.00 Å². The molecule has 0 radical (unpaired) electrons. The van der Waals surface area contributed by atoms with Gasteiger partial charge in [-0.1, -0.05) is 60.7 Å². The third-order valence-corrected chi connectivity index (χ3v) is 7.12. The maximum atomic E-state index is 13.2. The fraction of sp³-hybridized carbons (Fsp3) is 0.333. The van der Waals surface area contributed by atoms with Crippen LogP contribution in [0, 0.1) is 0 Å². The van der Waals surface area contributed by atoms with Gasteiger partial charge in [-0.15, -0.1) is 11.3 Å². The molecular formula is C27H31N2O3S+. The molecule has 1 aromatic heterocycles. The van der Waals surface area contributed by atoms with Gasteiger partial charge in [0.25, 0.3) is 5.91 Å². The number of nitrogens with one attached hydrogen (secondary N) is 2. The van der Waals surface area contributed by atoms with E-state index >= 15 is 0 Å². The zero-order valence-electron chi connectivity index (χ0n) is 19.1. The van der Waals surface area contributed by atoms with Crippen LogP contribution in [0.15, 0.2) is 60.7 Å². The first-order valence-electron chi connectivity index (χ1n) is 11.7. The average Bonchev–Trinajstić information content (AvgIpc) is 3.18. The Balaban J connectivity index is 1.52. The van der Waals surface area contributed by atoms with Crippen molar-refractivity contribution in [2.45, 2.75) is 45.7 Å². The molecule has 1 aliphatic carbocycles. The summed E-state index contributed by atoms with van der Waals surface area (Å²) >= 11 is 1.54. The van der Waals surface area contributed by atoms with Gasteiger partial charge in [-0.05, 0) is 38.2 Å². The van der Waals surface area contributed by atoms with Crippen LogP contribution >= 0.6 is 11.3 Å². The number of aryl methyl sites for hydroxylation is 1. The fourth-order valence-electron chi connectivity index (χ4n) is 4.43. The topological polar surface area (TPSA) is 59.8 Å². The number of carbonyl (C=O) groups is 2. The summed E-state index contributed by atoms with van der Waals surface area (Å²) in [5.41, 5.74) is 4.01. The molecule has 0 saturated heterocycles. The number of quaternary nitrogens is 1. The predicted octanol–water partition coefficient (Wildman–Crippen LogP) is 4.03. The summed E-state index contributed by atoms with van der Waals surface area (Å²) in [6, 6.07) is 20.5. The van der Waals surface area contributed by atoms with E-state index in [-0.39, 0.29) is 11.9 Å². The highest BCUT2D eigenvalue weighted by atomic mass is 32.1. The Kier molecular flexibility index (Phi) is 7.92. The summed E-state index contributed by atoms with van der Waals surface area (Å²) in [6.45, 7) is 3.94. The van der Waals surface area contributed by atoms with Crippen molar-refractivity contribution in [2.24, 2.45) is 0 Å². The molecule has 1 heterocycles. The summed E-state index contributed by atoms with van der Waals surface area (Å²) < 4.78 is 5.32. The van der Waals surface area contributed by atoms with Gasteiger partial charge in [0.2, 0.25) is 0 Å². The normalized spacial score (nSPS) is 12.9. The van der Waals surface area contributed by atoms with Crippen LogP contribution in [-0.4, -0.2) is 25.0 Å². The van der Waals surface area contributed by atoms with Gasteiger partial charge in [-0.3, -0.25) is 4.79 Å². The molecule has 1 amide bonds. The number of esters is 1. The predicted molar refractivity (Wildman–Crippen MR) is 132 cm³/mol. The largest absolute Gasteiger partial charge is 0.462 e. The van der Waals surface area contributed by atoms with E-state index in [1.807, 2.05) is 43.3 Å². The minimum Gasteiger partial charge on any atom is -0.462 e. The first kappa shape index (κ1) is 23.2. The summed E-state index contributed by atoms with van der Waals surface area (Å²) in [5.74, 6) is -0.411. The third-order valence-electron chi connectivity index (χ3n) is 5.91. The number of fused-ring (bicyclic) bond motifs is 1. The first-order valence-corrected chi connectivity index (χ1v) is 12.5. The number of amides is 1. The summed E-state index contributed by atoms with van der Waals surface area (Å²) in [6.07, 6.45) is 4.02. The lowest BCUT2D eigenvalue weighted by molar-refractivity contribution is -0.919. The van der Waals surface area contributed by atoms with E-state index in [9.17, 15) is 9.59 Å². The van der Waals surface area contributed by atoms with Crippen LogP contribution in [0.3, 0.4) is 0 Å². The van der Waals surface area contributed by atoms with E-state index in [0.29, 0.717) is 23.7 Å². The fourth-order valence-corrected chi connectivity index (χ4v) is 5.72. The zero-order chi connectivity index (χ0) is 23.0. The second-order valence-corrected chi connectivity index (χ2v) is 9.54. The van der Waals surface area contributed by atoms with Gasteiger partial charge in [0, 0.05) is 16.0 Å². The molecule has 33 heavy (non-hydrogen) atoms. The van der Waals surface area contributed by atoms with Crippen molar-refractivity contribution in [1.29, 1.82) is 0 Å². The molecule has 0 spiro atoms. The lowest BCUT2D eigenvalue weighted by Gasteiger charge is -2.19. The van der Waals surface area contributed by atoms with Crippen molar-refractivity contribution in [3.8, 4) is 0 Å². The van der Waals surface area contributed by atoms with E-state index in [2.05, 4.69) is 29.6 Å². The quantitative estimate of drug-likeness (QED) is 0.471. The van der Waals surface area contributed by atoms with E-state index in [1.165, 1.54) is 27.3 Å². The molecule has 5 nitrogen and oxygen atoms in total. The van der Waals surface area contributed by atoms with Gasteiger partial charge < -0.3 is 15.0 Å². The number of ether oxygens (including phenoxy) is 1. The number of hydrogen-bond donors (Lipinski definition) is 2. The number of thiophene rings is 1. The molecule has 0 unspecified atom stereocenters. The monoisotopic (exact) mass is 463 g/mol. The van der Waals surface area contributed by atoms with Gasteiger partial charge in [0.05, 0.1) is 12.2 Å². The Labute approximate surface area is 199 Å². The molecule has 2 N–H and O–H groups in total. The van der Waals surface area contributed by atoms with Gasteiger partial charge >= 0.3 is 5.97 Å². The van der Waals surface area contributed by atoms with E-state index < -0.39 is 0 Å². The highest BCUT2D eigenvalue weighted by molar-refractivity contribution is 7.17. The molecule has 2 aromatic carbocycles. The van der Waals surface area contributed by atoms with Gasteiger partial charge in [0.1, 0.15) is 18.1 Å². The molecule has 6 heteroatoms. The minimum absolute atomic E-state index is 0.0824. The standard InChI is InChI=1S/C27H30N2O3S/c1-2-32-27(31)25-22-15-9-10-16-23(22)33-26(25)28-24(30)19-29(17-20-11-5-3-6-12-20)18-21-13-7-4-8-14-21/h3-8,11-14H,2,9-10,15-19H2,1H3,(H,28,30)/p+1. The van der Waals surface area contributed by atoms with Crippen molar-refractivity contribution in [3.63, 3.8) is 0 Å². The number of anilines is 1. The summed E-state index contributed by atoms with van der Waals surface area (Å²) in [7, 11) is 0. The van der Waals surface area contributed by atoms with Crippen LogP contribution in [-0.2, 0) is 35.5 Å². The maximum Gasteiger partial charge on any atom is 0.341 e. The van der Waals surface area contributed by atoms with Gasteiger partial charge in [0.15, 0.2) is 6.54 Å². The summed E-state index contributed by atoms with van der Waals surface area (Å²) in [4.78, 5) is 28.2. The Morgan fingerprint density at radius 3 is 2.15 bits per heavy atom. The molecule has 3 aromatic rings. The van der Waals surface area contributed by atoms with Crippen molar-refractivity contribution >= 4 is 28.2 Å². The minimum atomic E-state index is -0.329. The lowest BCUT2D eigenvalue weighted by Crippen LogP contribution is -3.10. The summed E-state index contributed by atoms with van der Waals surface area (Å²) in [5, 5.41) is 3.71. The van der Waals surface area contributed by atoms with Crippen LogP contribution < -0.4 is 10.2 Å². The van der Waals surface area contributed by atoms with Gasteiger partial charge in [-0.2, -0.15) is 0 Å². The first-order chi connectivity index (χ1) is 16.1. The molecule has 0 bridgehead atoms. The van der Waals surface area contributed by atoms with E-state index in [1.54, 1.807) is 0 Å². The van der Waals surface area contributed by atoms with E-state index in [0.717, 1.165) is 49.2 Å². The Morgan fingerprint density at radius 1 is 0.939 bits per heavy atom. The number of benzene rings is 2. The molecule has 0 fully saturated rings. The van der Waals surface area contributed by atoms with Crippen LogP contribution in [0.2, 0.25) is 0 Å². The molecule has 0 aliphatic heterocycles. The number of rotatable bonds is 9. The van der Waals surface area contributed by atoms with Crippen LogP contribution in [0.25, 0.3) is 0 Å². The Morgan fingerprint density at radius 2 is 1.55 bits per heavy atom. The van der Waals surface area contributed by atoms with Crippen molar-refractivity contribution in [1.82, 2.24) is 0 Å². The lowest BCUT2D eigenvalue weighted by atomic mass is 9.95. The second-order valence-electron chi connectivity index (χ2n) is 8.44. The SMILES string of the molecule is CCOC(=O)c1c(NC(=O)C[NH+](Cc2ccccc2)Cc2ccccc2)sc2c1CCCC2. The Hall–Kier alpha value is -2.96. The number of carbonyl (C=O) groups excluding carboxylic acids is 2. The highest BCUT2D eigenvalue weighted by Gasteiger charge is 2.28. The molecular weight excluding hydrogens is 432 g/mol. The molecule has 172 valence electrons. The molecule has 0 atom stereocenters. The molecule has 0 saturated carbocycles. The highest BCUT2D eigenvalue weighted by Crippen LogP contribution is 2.38. The van der Waals surface area contributed by atoms with Crippen molar-refractivity contribution in [3.05, 3.63) is 87.8 Å². The Bertz CT molecular complexity index is 1040. The molecule has 4 rings (SSSR count). The number of hydrogen-bond acceptors (Lipinski definition) is 4. The smallest absolute Gasteiger partial charge is 0.341 e.